The second-order valence-electron chi connectivity index (χ2n) is 3.32. The Morgan fingerprint density at radius 2 is 2.06 bits per heavy atom. The second-order valence-corrected chi connectivity index (χ2v) is 3.32. The maximum atomic E-state index is 5.27. The maximum absolute atomic E-state index is 5.27. The van der Waals surface area contributed by atoms with Crippen molar-refractivity contribution in [3.05, 3.63) is 29.8 Å². The van der Waals surface area contributed by atoms with E-state index in [9.17, 15) is 0 Å². The average Bonchev–Trinajstić information content (AvgIpc) is 2.34. The zero-order chi connectivity index (χ0) is 11.8. The number of hydrogen-bond donors (Lipinski definition) is 1. The molecule has 0 atom stereocenters. The Morgan fingerprint density at radius 3 is 2.69 bits per heavy atom. The minimum absolute atomic E-state index is 0.837. The van der Waals surface area contributed by atoms with Gasteiger partial charge in [-0.3, -0.25) is 0 Å². The summed E-state index contributed by atoms with van der Waals surface area (Å²) >= 11 is 0. The summed E-state index contributed by atoms with van der Waals surface area (Å²) < 4.78 is 10.5. The van der Waals surface area contributed by atoms with E-state index >= 15 is 0 Å². The molecule has 0 radical (unpaired) electrons. The molecule has 0 spiro atoms. The van der Waals surface area contributed by atoms with Crippen LogP contribution in [0.2, 0.25) is 0 Å². The molecule has 16 heavy (non-hydrogen) atoms. The Labute approximate surface area is 97.1 Å². The molecule has 0 fully saturated rings. The number of hydrogen-bond acceptors (Lipinski definition) is 3. The Hall–Kier alpha value is -1.48. The normalized spacial score (nSPS) is 10.7. The molecule has 3 nitrogen and oxygen atoms in total. The molecule has 0 aliphatic carbocycles. The SMILES string of the molecule is CCNCC=Cc1cc(OC)ccc1OC. The van der Waals surface area contributed by atoms with Crippen molar-refractivity contribution in [2.45, 2.75) is 6.92 Å². The van der Waals surface area contributed by atoms with E-state index in [4.69, 9.17) is 9.47 Å². The molecule has 0 aliphatic rings. The molecule has 1 aromatic rings. The smallest absolute Gasteiger partial charge is 0.126 e. The summed E-state index contributed by atoms with van der Waals surface area (Å²) in [5.41, 5.74) is 1.03. The Bertz CT molecular complexity index is 348. The fourth-order valence-corrected chi connectivity index (χ4v) is 1.38. The molecule has 0 aromatic heterocycles. The standard InChI is InChI=1S/C13H19NO2/c1-4-14-9-5-6-11-10-12(15-2)7-8-13(11)16-3/h5-8,10,14H,4,9H2,1-3H3. The number of benzene rings is 1. The number of methoxy groups -OCH3 is 2. The molecule has 0 aliphatic heterocycles. The van der Waals surface area contributed by atoms with Gasteiger partial charge in [-0.15, -0.1) is 0 Å². The largest absolute Gasteiger partial charge is 0.497 e. The van der Waals surface area contributed by atoms with Gasteiger partial charge in [0.25, 0.3) is 0 Å². The lowest BCUT2D eigenvalue weighted by Gasteiger charge is -2.07. The highest BCUT2D eigenvalue weighted by molar-refractivity contribution is 5.59. The first-order valence-corrected chi connectivity index (χ1v) is 5.41. The molecule has 88 valence electrons. The number of ether oxygens (including phenoxy) is 2. The Balaban J connectivity index is 2.78. The van der Waals surface area contributed by atoms with Gasteiger partial charge >= 0.3 is 0 Å². The fourth-order valence-electron chi connectivity index (χ4n) is 1.38. The van der Waals surface area contributed by atoms with Crippen LogP contribution in [0.5, 0.6) is 11.5 Å². The van der Waals surface area contributed by atoms with Gasteiger partial charge in [-0.2, -0.15) is 0 Å². The van der Waals surface area contributed by atoms with E-state index < -0.39 is 0 Å². The number of likely N-dealkylation sites (N-methyl/N-ethyl adjacent to an activating group) is 1. The lowest BCUT2D eigenvalue weighted by atomic mass is 10.1. The third kappa shape index (κ3) is 3.59. The summed E-state index contributed by atoms with van der Waals surface area (Å²) in [6.07, 6.45) is 4.10. The van der Waals surface area contributed by atoms with Crippen molar-refractivity contribution in [2.75, 3.05) is 27.3 Å². The van der Waals surface area contributed by atoms with Crippen molar-refractivity contribution in [2.24, 2.45) is 0 Å². The summed E-state index contributed by atoms with van der Waals surface area (Å²) in [6, 6.07) is 5.76. The van der Waals surface area contributed by atoms with Crippen LogP contribution in [0, 0.1) is 0 Å². The van der Waals surface area contributed by atoms with Crippen molar-refractivity contribution in [1.29, 1.82) is 0 Å². The van der Waals surface area contributed by atoms with Crippen LogP contribution in [0.3, 0.4) is 0 Å². The quantitative estimate of drug-likeness (QED) is 0.748. The lowest BCUT2D eigenvalue weighted by molar-refractivity contribution is 0.402. The van der Waals surface area contributed by atoms with E-state index in [0.29, 0.717) is 0 Å². The van der Waals surface area contributed by atoms with E-state index in [1.54, 1.807) is 14.2 Å². The van der Waals surface area contributed by atoms with Gasteiger partial charge in [0, 0.05) is 12.1 Å². The zero-order valence-electron chi connectivity index (χ0n) is 10.1. The van der Waals surface area contributed by atoms with Crippen LogP contribution in [0.15, 0.2) is 24.3 Å². The molecule has 1 rings (SSSR count). The number of rotatable bonds is 6. The number of nitrogens with one attached hydrogen (secondary N) is 1. The van der Waals surface area contributed by atoms with E-state index in [1.807, 2.05) is 24.3 Å². The molecule has 0 saturated carbocycles. The van der Waals surface area contributed by atoms with Crippen molar-refractivity contribution in [3.8, 4) is 11.5 Å². The third-order valence-electron chi connectivity index (χ3n) is 2.25. The maximum Gasteiger partial charge on any atom is 0.126 e. The molecule has 0 unspecified atom stereocenters. The molecular weight excluding hydrogens is 202 g/mol. The predicted octanol–water partition coefficient (Wildman–Crippen LogP) is 2.33. The summed E-state index contributed by atoms with van der Waals surface area (Å²) in [5, 5.41) is 3.23. The monoisotopic (exact) mass is 221 g/mol. The van der Waals surface area contributed by atoms with Crippen molar-refractivity contribution < 1.29 is 9.47 Å². The van der Waals surface area contributed by atoms with Gasteiger partial charge < -0.3 is 14.8 Å². The first-order valence-electron chi connectivity index (χ1n) is 5.41. The van der Waals surface area contributed by atoms with Gasteiger partial charge in [-0.05, 0) is 24.7 Å². The topological polar surface area (TPSA) is 30.5 Å². The van der Waals surface area contributed by atoms with E-state index in [-0.39, 0.29) is 0 Å². The van der Waals surface area contributed by atoms with Gasteiger partial charge in [0.2, 0.25) is 0 Å². The molecule has 0 heterocycles. The second kappa shape index (κ2) is 6.90. The van der Waals surface area contributed by atoms with E-state index in [2.05, 4.69) is 18.3 Å². The van der Waals surface area contributed by atoms with Crippen LogP contribution in [0.1, 0.15) is 12.5 Å². The van der Waals surface area contributed by atoms with Crippen LogP contribution < -0.4 is 14.8 Å². The van der Waals surface area contributed by atoms with Gasteiger partial charge in [0.05, 0.1) is 14.2 Å². The summed E-state index contributed by atoms with van der Waals surface area (Å²) in [7, 11) is 3.33. The zero-order valence-corrected chi connectivity index (χ0v) is 10.1. The van der Waals surface area contributed by atoms with E-state index in [1.165, 1.54) is 0 Å². The Kier molecular flexibility index (Phi) is 5.43. The molecule has 0 saturated heterocycles. The third-order valence-corrected chi connectivity index (χ3v) is 2.25. The van der Waals surface area contributed by atoms with E-state index in [0.717, 1.165) is 30.2 Å². The lowest BCUT2D eigenvalue weighted by Crippen LogP contribution is -2.11. The fraction of sp³-hybridized carbons (Fsp3) is 0.385. The molecule has 0 amide bonds. The highest BCUT2D eigenvalue weighted by atomic mass is 16.5. The van der Waals surface area contributed by atoms with Crippen LogP contribution >= 0.6 is 0 Å². The summed E-state index contributed by atoms with van der Waals surface area (Å²) in [6.45, 7) is 3.91. The highest BCUT2D eigenvalue weighted by Crippen LogP contribution is 2.24. The summed E-state index contributed by atoms with van der Waals surface area (Å²) in [4.78, 5) is 0. The molecule has 1 aromatic carbocycles. The molecular formula is C13H19NO2. The van der Waals surface area contributed by atoms with Gasteiger partial charge in [0.15, 0.2) is 0 Å². The van der Waals surface area contributed by atoms with Gasteiger partial charge in [-0.1, -0.05) is 19.1 Å². The first kappa shape index (κ1) is 12.6. The van der Waals surface area contributed by atoms with Crippen LogP contribution in [-0.2, 0) is 0 Å². The van der Waals surface area contributed by atoms with Gasteiger partial charge in [0.1, 0.15) is 11.5 Å². The van der Waals surface area contributed by atoms with Crippen LogP contribution in [-0.4, -0.2) is 27.3 Å². The molecule has 3 heteroatoms. The van der Waals surface area contributed by atoms with Crippen LogP contribution in [0.4, 0.5) is 0 Å². The molecule has 0 bridgehead atoms. The summed E-state index contributed by atoms with van der Waals surface area (Å²) in [5.74, 6) is 1.69. The van der Waals surface area contributed by atoms with Crippen molar-refractivity contribution >= 4 is 6.08 Å². The minimum atomic E-state index is 0.837. The average molecular weight is 221 g/mol. The highest BCUT2D eigenvalue weighted by Gasteiger charge is 2.00. The van der Waals surface area contributed by atoms with Gasteiger partial charge in [-0.25, -0.2) is 0 Å². The minimum Gasteiger partial charge on any atom is -0.497 e. The van der Waals surface area contributed by atoms with Crippen molar-refractivity contribution in [1.82, 2.24) is 5.32 Å². The molecule has 1 N–H and O–H groups in total. The predicted molar refractivity (Wildman–Crippen MR) is 67.1 cm³/mol. The Morgan fingerprint density at radius 1 is 1.25 bits per heavy atom. The first-order chi connectivity index (χ1) is 7.81. The van der Waals surface area contributed by atoms with Crippen molar-refractivity contribution in [3.63, 3.8) is 0 Å². The van der Waals surface area contributed by atoms with Crippen LogP contribution in [0.25, 0.3) is 6.08 Å².